The van der Waals surface area contributed by atoms with Crippen LogP contribution < -0.4 is 11.5 Å². The fourth-order valence-electron chi connectivity index (χ4n) is 1.21. The molecular weight excluding hydrogens is 180 g/mol. The summed E-state index contributed by atoms with van der Waals surface area (Å²) in [6.07, 6.45) is 0.249. The maximum Gasteiger partial charge on any atom is 0.320 e. The summed E-state index contributed by atoms with van der Waals surface area (Å²) in [5.74, 6) is -1.02. The van der Waals surface area contributed by atoms with E-state index in [2.05, 4.69) is 0 Å². The van der Waals surface area contributed by atoms with E-state index in [9.17, 15) is 4.79 Å². The van der Waals surface area contributed by atoms with Crippen LogP contribution in [0.15, 0.2) is 30.3 Å². The Morgan fingerprint density at radius 2 is 1.86 bits per heavy atom. The topological polar surface area (TPSA) is 89.3 Å². The molecule has 4 nitrogen and oxygen atoms in total. The molecule has 1 aromatic rings. The van der Waals surface area contributed by atoms with Crippen molar-refractivity contribution < 1.29 is 9.90 Å². The Labute approximate surface area is 82.5 Å². The average molecular weight is 194 g/mol. The van der Waals surface area contributed by atoms with Gasteiger partial charge in [0.05, 0.1) is 0 Å². The second-order valence-corrected chi connectivity index (χ2v) is 3.20. The van der Waals surface area contributed by atoms with E-state index in [1.54, 1.807) is 0 Å². The molecule has 1 rings (SSSR count). The molecule has 0 spiro atoms. The first-order valence-corrected chi connectivity index (χ1v) is 4.40. The van der Waals surface area contributed by atoms with Crippen LogP contribution in [0, 0.1) is 0 Å². The van der Waals surface area contributed by atoms with E-state index >= 15 is 0 Å². The molecule has 0 aliphatic carbocycles. The van der Waals surface area contributed by atoms with Gasteiger partial charge in [0.25, 0.3) is 0 Å². The normalized spacial score (nSPS) is 14.7. The van der Waals surface area contributed by atoms with Crippen molar-refractivity contribution in [2.45, 2.75) is 18.5 Å². The smallest absolute Gasteiger partial charge is 0.320 e. The van der Waals surface area contributed by atoms with E-state index in [1.165, 1.54) is 0 Å². The minimum absolute atomic E-state index is 0.249. The third-order valence-electron chi connectivity index (χ3n) is 2.05. The number of rotatable bonds is 4. The lowest BCUT2D eigenvalue weighted by Gasteiger charge is -2.14. The Morgan fingerprint density at radius 1 is 1.29 bits per heavy atom. The Balaban J connectivity index is 2.59. The lowest BCUT2D eigenvalue weighted by atomic mass is 10.0. The summed E-state index contributed by atoms with van der Waals surface area (Å²) in [5.41, 5.74) is 12.1. The van der Waals surface area contributed by atoms with Gasteiger partial charge < -0.3 is 16.6 Å². The van der Waals surface area contributed by atoms with Gasteiger partial charge in [0.15, 0.2) is 0 Å². The number of carboxylic acids is 1. The van der Waals surface area contributed by atoms with Gasteiger partial charge in [-0.2, -0.15) is 0 Å². The molecule has 0 saturated carbocycles. The second-order valence-electron chi connectivity index (χ2n) is 3.20. The number of hydrogen-bond donors (Lipinski definition) is 3. The second kappa shape index (κ2) is 4.74. The fraction of sp³-hybridized carbons (Fsp3) is 0.300. The van der Waals surface area contributed by atoms with Crippen molar-refractivity contribution in [2.75, 3.05) is 0 Å². The van der Waals surface area contributed by atoms with E-state index < -0.39 is 12.0 Å². The molecule has 1 aromatic carbocycles. The third-order valence-corrected chi connectivity index (χ3v) is 2.05. The van der Waals surface area contributed by atoms with Gasteiger partial charge >= 0.3 is 5.97 Å². The molecule has 0 amide bonds. The Morgan fingerprint density at radius 3 is 2.36 bits per heavy atom. The van der Waals surface area contributed by atoms with E-state index in [0.29, 0.717) is 0 Å². The number of carbonyl (C=O) groups is 1. The number of benzene rings is 1. The van der Waals surface area contributed by atoms with E-state index in [0.717, 1.165) is 5.56 Å². The van der Waals surface area contributed by atoms with Crippen LogP contribution in [0.3, 0.4) is 0 Å². The quantitative estimate of drug-likeness (QED) is 0.650. The van der Waals surface area contributed by atoms with Crippen molar-refractivity contribution in [1.29, 1.82) is 0 Å². The first kappa shape index (κ1) is 10.7. The van der Waals surface area contributed by atoms with Crippen molar-refractivity contribution in [3.8, 4) is 0 Å². The summed E-state index contributed by atoms with van der Waals surface area (Å²) in [7, 11) is 0. The van der Waals surface area contributed by atoms with Crippen molar-refractivity contribution in [3.05, 3.63) is 35.9 Å². The maximum atomic E-state index is 10.5. The molecule has 0 aliphatic heterocycles. The van der Waals surface area contributed by atoms with Crippen LogP contribution in [0.5, 0.6) is 0 Å². The molecule has 5 N–H and O–H groups in total. The van der Waals surface area contributed by atoms with Gasteiger partial charge in [-0.15, -0.1) is 0 Å². The van der Waals surface area contributed by atoms with Crippen LogP contribution >= 0.6 is 0 Å². The van der Waals surface area contributed by atoms with Crippen molar-refractivity contribution in [3.63, 3.8) is 0 Å². The van der Waals surface area contributed by atoms with Crippen LogP contribution in [-0.4, -0.2) is 17.1 Å². The van der Waals surface area contributed by atoms with Gasteiger partial charge in [-0.25, -0.2) is 0 Å². The summed E-state index contributed by atoms with van der Waals surface area (Å²) in [6.45, 7) is 0. The highest BCUT2D eigenvalue weighted by molar-refractivity contribution is 5.73. The minimum atomic E-state index is -1.02. The maximum absolute atomic E-state index is 10.5. The summed E-state index contributed by atoms with van der Waals surface area (Å²) in [6, 6.07) is 8.11. The van der Waals surface area contributed by atoms with Crippen molar-refractivity contribution in [1.82, 2.24) is 0 Å². The molecule has 0 aromatic heterocycles. The largest absolute Gasteiger partial charge is 0.480 e. The van der Waals surface area contributed by atoms with Crippen molar-refractivity contribution >= 4 is 5.97 Å². The SMILES string of the molecule is NC(CC(N)c1ccccc1)C(=O)O. The first-order chi connectivity index (χ1) is 6.61. The predicted octanol–water partition coefficient (Wildman–Crippen LogP) is 0.488. The van der Waals surface area contributed by atoms with E-state index in [1.807, 2.05) is 30.3 Å². The fourth-order valence-corrected chi connectivity index (χ4v) is 1.21. The number of hydrogen-bond acceptors (Lipinski definition) is 3. The number of aliphatic carboxylic acids is 1. The molecule has 0 bridgehead atoms. The highest BCUT2D eigenvalue weighted by Gasteiger charge is 2.16. The van der Waals surface area contributed by atoms with Crippen LogP contribution in [0.25, 0.3) is 0 Å². The first-order valence-electron chi connectivity index (χ1n) is 4.40. The standard InChI is InChI=1S/C10H14N2O2/c11-8(6-9(12)10(13)14)7-4-2-1-3-5-7/h1-5,8-9H,6,11-12H2,(H,13,14). The lowest BCUT2D eigenvalue weighted by Crippen LogP contribution is -2.33. The van der Waals surface area contributed by atoms with Crippen LogP contribution in [0.1, 0.15) is 18.0 Å². The molecule has 4 heteroatoms. The van der Waals surface area contributed by atoms with Crippen molar-refractivity contribution in [2.24, 2.45) is 11.5 Å². The Hall–Kier alpha value is -1.39. The van der Waals surface area contributed by atoms with Crippen LogP contribution in [-0.2, 0) is 4.79 Å². The van der Waals surface area contributed by atoms with Gasteiger partial charge in [-0.05, 0) is 12.0 Å². The molecular formula is C10H14N2O2. The zero-order valence-corrected chi connectivity index (χ0v) is 7.76. The van der Waals surface area contributed by atoms with E-state index in [-0.39, 0.29) is 12.5 Å². The zero-order chi connectivity index (χ0) is 10.6. The monoisotopic (exact) mass is 194 g/mol. The highest BCUT2D eigenvalue weighted by Crippen LogP contribution is 2.14. The number of nitrogens with two attached hydrogens (primary N) is 2. The third kappa shape index (κ3) is 2.83. The molecule has 2 atom stereocenters. The Kier molecular flexibility index (Phi) is 3.62. The Bertz CT molecular complexity index is 300. The molecule has 0 aliphatic rings. The molecule has 0 fully saturated rings. The van der Waals surface area contributed by atoms with Gasteiger partial charge in [0.1, 0.15) is 6.04 Å². The molecule has 0 heterocycles. The average Bonchev–Trinajstić information content (AvgIpc) is 2.19. The number of carboxylic acid groups (broad SMARTS) is 1. The highest BCUT2D eigenvalue weighted by atomic mass is 16.4. The van der Waals surface area contributed by atoms with Gasteiger partial charge in [0, 0.05) is 6.04 Å². The molecule has 0 saturated heterocycles. The predicted molar refractivity (Wildman–Crippen MR) is 53.6 cm³/mol. The van der Waals surface area contributed by atoms with Gasteiger partial charge in [-0.3, -0.25) is 4.79 Å². The van der Waals surface area contributed by atoms with Gasteiger partial charge in [-0.1, -0.05) is 30.3 Å². The molecule has 2 unspecified atom stereocenters. The molecule has 0 radical (unpaired) electrons. The minimum Gasteiger partial charge on any atom is -0.480 e. The van der Waals surface area contributed by atoms with Crippen LogP contribution in [0.2, 0.25) is 0 Å². The zero-order valence-electron chi connectivity index (χ0n) is 7.76. The summed E-state index contributed by atoms with van der Waals surface area (Å²) >= 11 is 0. The summed E-state index contributed by atoms with van der Waals surface area (Å²) < 4.78 is 0. The van der Waals surface area contributed by atoms with Crippen LogP contribution in [0.4, 0.5) is 0 Å². The molecule has 76 valence electrons. The summed E-state index contributed by atoms with van der Waals surface area (Å²) in [5, 5.41) is 8.60. The van der Waals surface area contributed by atoms with Gasteiger partial charge in [0.2, 0.25) is 0 Å². The lowest BCUT2D eigenvalue weighted by molar-refractivity contribution is -0.138. The molecule has 14 heavy (non-hydrogen) atoms. The van der Waals surface area contributed by atoms with E-state index in [4.69, 9.17) is 16.6 Å². The summed E-state index contributed by atoms with van der Waals surface area (Å²) in [4.78, 5) is 10.5.